The zero-order valence-corrected chi connectivity index (χ0v) is 19.1. The number of anilines is 1. The lowest BCUT2D eigenvalue weighted by molar-refractivity contribution is 0.206. The Hall–Kier alpha value is -1.50. The van der Waals surface area contributed by atoms with Crippen LogP contribution in [0.25, 0.3) is 0 Å². The van der Waals surface area contributed by atoms with E-state index in [0.29, 0.717) is 11.6 Å². The summed E-state index contributed by atoms with van der Waals surface area (Å²) in [6, 6.07) is 15.0. The van der Waals surface area contributed by atoms with Gasteiger partial charge in [0.25, 0.3) is 0 Å². The molecule has 2 aromatic rings. The number of carbonyl (C=O) groups excluding carboxylic acids is 1. The Morgan fingerprint density at radius 3 is 2.75 bits per heavy atom. The van der Waals surface area contributed by atoms with Crippen LogP contribution in [0.4, 0.5) is 10.5 Å². The molecule has 1 aliphatic heterocycles. The highest BCUT2D eigenvalue weighted by Crippen LogP contribution is 2.36. The van der Waals surface area contributed by atoms with E-state index >= 15 is 0 Å². The van der Waals surface area contributed by atoms with Gasteiger partial charge in [0.2, 0.25) is 0 Å². The fourth-order valence-electron chi connectivity index (χ4n) is 3.37. The first-order valence-electron chi connectivity index (χ1n) is 9.09. The van der Waals surface area contributed by atoms with Crippen molar-refractivity contribution in [1.29, 1.82) is 0 Å². The molecule has 2 aromatic carbocycles. The number of hydrogen-bond acceptors (Lipinski definition) is 3. The summed E-state index contributed by atoms with van der Waals surface area (Å²) in [5.74, 6) is 1.09. The molecule has 1 heterocycles. The predicted molar refractivity (Wildman–Crippen MR) is 124 cm³/mol. The number of rotatable bonds is 6. The normalized spacial score (nSPS) is 18.9. The maximum Gasteiger partial charge on any atom is 0.342 e. The Bertz CT molecular complexity index is 874. The summed E-state index contributed by atoms with van der Waals surface area (Å²) in [4.78, 5) is 12.8. The van der Waals surface area contributed by atoms with E-state index in [1.807, 2.05) is 60.3 Å². The second kappa shape index (κ2) is 9.33. The third-order valence-corrected chi connectivity index (χ3v) is 6.24. The molecule has 0 bridgehead atoms. The monoisotopic (exact) mass is 479 g/mol. The zero-order chi connectivity index (χ0) is 20.1. The maximum atomic E-state index is 12.8. The standard InChI is InChI=1S/C21H23BrClN3OS/c1-21(11-4-12-28-2)14-26(20(27)24-18-6-3-5-16(22)13-18)25-19(21)15-7-9-17(23)10-8-15/h3,5-10,13H,4,11-12,14H2,1-2H3,(H,24,27). The SMILES string of the molecule is CSCCCC1(C)CN(C(=O)Nc2cccc(Br)c2)N=C1c1ccc(Cl)cc1. The lowest BCUT2D eigenvalue weighted by Crippen LogP contribution is -2.35. The smallest absolute Gasteiger partial charge is 0.306 e. The quantitative estimate of drug-likeness (QED) is 0.479. The molecular weight excluding hydrogens is 458 g/mol. The van der Waals surface area contributed by atoms with Gasteiger partial charge in [-0.05, 0) is 60.7 Å². The summed E-state index contributed by atoms with van der Waals surface area (Å²) >= 11 is 11.3. The Morgan fingerprint density at radius 1 is 1.32 bits per heavy atom. The van der Waals surface area contributed by atoms with Crippen LogP contribution in [0, 0.1) is 5.41 Å². The average molecular weight is 481 g/mol. The van der Waals surface area contributed by atoms with E-state index in [0.717, 1.165) is 40.0 Å². The number of nitrogens with one attached hydrogen (secondary N) is 1. The number of benzene rings is 2. The molecule has 148 valence electrons. The van der Waals surface area contributed by atoms with Gasteiger partial charge >= 0.3 is 6.03 Å². The Morgan fingerprint density at radius 2 is 2.07 bits per heavy atom. The second-order valence-corrected chi connectivity index (χ2v) is 9.45. The molecule has 0 spiro atoms. The largest absolute Gasteiger partial charge is 0.342 e. The van der Waals surface area contributed by atoms with Gasteiger partial charge in [-0.2, -0.15) is 16.9 Å². The molecule has 7 heteroatoms. The Labute approximate surface area is 183 Å². The number of amides is 2. The molecule has 1 atom stereocenters. The first-order chi connectivity index (χ1) is 13.4. The van der Waals surface area contributed by atoms with Crippen LogP contribution >= 0.6 is 39.3 Å². The van der Waals surface area contributed by atoms with Crippen molar-refractivity contribution in [2.24, 2.45) is 10.5 Å². The van der Waals surface area contributed by atoms with Gasteiger partial charge < -0.3 is 5.32 Å². The van der Waals surface area contributed by atoms with E-state index in [9.17, 15) is 4.79 Å². The van der Waals surface area contributed by atoms with Crippen molar-refractivity contribution >= 4 is 56.7 Å². The Kier molecular flexibility index (Phi) is 7.07. The van der Waals surface area contributed by atoms with Crippen molar-refractivity contribution in [3.05, 3.63) is 63.6 Å². The first kappa shape index (κ1) is 21.2. The minimum absolute atomic E-state index is 0.196. The van der Waals surface area contributed by atoms with Crippen molar-refractivity contribution < 1.29 is 4.79 Å². The number of nitrogens with zero attached hydrogens (tertiary/aromatic N) is 2. The summed E-state index contributed by atoms with van der Waals surface area (Å²) in [7, 11) is 0. The minimum atomic E-state index is -0.224. The van der Waals surface area contributed by atoms with Gasteiger partial charge in [0, 0.05) is 20.6 Å². The van der Waals surface area contributed by atoms with Crippen molar-refractivity contribution in [3.8, 4) is 0 Å². The number of halogens is 2. The third-order valence-electron chi connectivity index (χ3n) is 4.80. The van der Waals surface area contributed by atoms with Crippen LogP contribution in [0.2, 0.25) is 5.02 Å². The molecule has 1 unspecified atom stereocenters. The molecule has 2 amide bonds. The molecule has 0 aromatic heterocycles. The van der Waals surface area contributed by atoms with Gasteiger partial charge in [-0.25, -0.2) is 9.80 Å². The summed E-state index contributed by atoms with van der Waals surface area (Å²) < 4.78 is 0.916. The average Bonchev–Trinajstić information content (AvgIpc) is 3.00. The molecule has 28 heavy (non-hydrogen) atoms. The molecule has 1 aliphatic rings. The fourth-order valence-corrected chi connectivity index (χ4v) is 4.33. The maximum absolute atomic E-state index is 12.8. The number of hydrogen-bond donors (Lipinski definition) is 1. The topological polar surface area (TPSA) is 44.7 Å². The van der Waals surface area contributed by atoms with E-state index in [1.54, 1.807) is 5.01 Å². The molecular formula is C21H23BrClN3OS. The fraction of sp³-hybridized carbons (Fsp3) is 0.333. The van der Waals surface area contributed by atoms with Crippen LogP contribution in [0.3, 0.4) is 0 Å². The highest BCUT2D eigenvalue weighted by atomic mass is 79.9. The Balaban J connectivity index is 1.84. The van der Waals surface area contributed by atoms with Crippen LogP contribution < -0.4 is 5.32 Å². The lowest BCUT2D eigenvalue weighted by atomic mass is 9.78. The van der Waals surface area contributed by atoms with Crippen LogP contribution in [-0.4, -0.2) is 35.3 Å². The van der Waals surface area contributed by atoms with E-state index in [-0.39, 0.29) is 11.4 Å². The first-order valence-corrected chi connectivity index (χ1v) is 11.7. The third kappa shape index (κ3) is 5.10. The molecule has 0 fully saturated rings. The van der Waals surface area contributed by atoms with Crippen LogP contribution in [0.5, 0.6) is 0 Å². The molecule has 1 N–H and O–H groups in total. The van der Waals surface area contributed by atoms with Gasteiger partial charge in [-0.15, -0.1) is 0 Å². The molecule has 0 saturated carbocycles. The van der Waals surface area contributed by atoms with Crippen LogP contribution in [0.1, 0.15) is 25.3 Å². The highest BCUT2D eigenvalue weighted by molar-refractivity contribution is 9.10. The summed E-state index contributed by atoms with van der Waals surface area (Å²) in [5.41, 5.74) is 2.49. The van der Waals surface area contributed by atoms with E-state index in [4.69, 9.17) is 16.7 Å². The number of hydrazone groups is 1. The van der Waals surface area contributed by atoms with Gasteiger partial charge in [0.15, 0.2) is 0 Å². The van der Waals surface area contributed by atoms with E-state index in [1.165, 1.54) is 0 Å². The van der Waals surface area contributed by atoms with Crippen LogP contribution in [-0.2, 0) is 0 Å². The lowest BCUT2D eigenvalue weighted by Gasteiger charge is -2.26. The van der Waals surface area contributed by atoms with Gasteiger partial charge in [0.05, 0.1) is 12.3 Å². The molecule has 0 saturated heterocycles. The summed E-state index contributed by atoms with van der Waals surface area (Å²) in [6.45, 7) is 2.74. The van der Waals surface area contributed by atoms with Gasteiger partial charge in [0.1, 0.15) is 0 Å². The highest BCUT2D eigenvalue weighted by Gasteiger charge is 2.40. The zero-order valence-electron chi connectivity index (χ0n) is 15.9. The van der Waals surface area contributed by atoms with Gasteiger partial charge in [-0.1, -0.05) is 52.7 Å². The van der Waals surface area contributed by atoms with Crippen molar-refractivity contribution in [2.45, 2.75) is 19.8 Å². The van der Waals surface area contributed by atoms with E-state index < -0.39 is 0 Å². The minimum Gasteiger partial charge on any atom is -0.306 e. The number of thioether (sulfide) groups is 1. The van der Waals surface area contributed by atoms with Gasteiger partial charge in [-0.3, -0.25) is 0 Å². The summed E-state index contributed by atoms with van der Waals surface area (Å²) in [5, 5.41) is 9.89. The second-order valence-electron chi connectivity index (χ2n) is 7.11. The molecule has 3 rings (SSSR count). The molecule has 0 aliphatic carbocycles. The number of urea groups is 1. The van der Waals surface area contributed by atoms with E-state index in [2.05, 4.69) is 34.4 Å². The summed E-state index contributed by atoms with van der Waals surface area (Å²) in [6.07, 6.45) is 4.16. The number of carbonyl (C=O) groups is 1. The van der Waals surface area contributed by atoms with Crippen LogP contribution in [0.15, 0.2) is 58.1 Å². The van der Waals surface area contributed by atoms with Crippen molar-refractivity contribution in [2.75, 3.05) is 23.9 Å². The molecule has 4 nitrogen and oxygen atoms in total. The molecule has 0 radical (unpaired) electrons. The predicted octanol–water partition coefficient (Wildman–Crippen LogP) is 6.50. The van der Waals surface area contributed by atoms with Crippen molar-refractivity contribution in [3.63, 3.8) is 0 Å². The van der Waals surface area contributed by atoms with Crippen molar-refractivity contribution in [1.82, 2.24) is 5.01 Å².